The van der Waals surface area contributed by atoms with Gasteiger partial charge >= 0.3 is 13.9 Å². The van der Waals surface area contributed by atoms with Gasteiger partial charge in [-0.1, -0.05) is 0 Å². The number of aromatic nitrogens is 2. The number of amides is 1. The second kappa shape index (κ2) is 6.29. The van der Waals surface area contributed by atoms with Crippen molar-refractivity contribution >= 4 is 37.6 Å². The molecule has 0 aromatic carbocycles. The van der Waals surface area contributed by atoms with Gasteiger partial charge in [-0.2, -0.15) is 14.8 Å². The molecule has 15 heteroatoms. The molecule has 5 atom stereocenters. The van der Waals surface area contributed by atoms with Crippen LogP contribution in [0.1, 0.15) is 0 Å². The van der Waals surface area contributed by atoms with Gasteiger partial charge in [0.25, 0.3) is 5.82 Å². The zero-order chi connectivity index (χ0) is 19.3. The number of ether oxygens (including phenoxy) is 1. The molecule has 3 heterocycles. The van der Waals surface area contributed by atoms with Crippen LogP contribution in [0.2, 0.25) is 0 Å². The van der Waals surface area contributed by atoms with E-state index in [2.05, 4.69) is 19.5 Å². The summed E-state index contributed by atoms with van der Waals surface area (Å²) >= 11 is 0. The van der Waals surface area contributed by atoms with E-state index in [9.17, 15) is 24.7 Å². The summed E-state index contributed by atoms with van der Waals surface area (Å²) in [5, 5.41) is 30.1. The molecule has 1 fully saturated rings. The lowest BCUT2D eigenvalue weighted by molar-refractivity contribution is -0.0594. The second-order valence-corrected chi connectivity index (χ2v) is 6.81. The van der Waals surface area contributed by atoms with Crippen LogP contribution in [0.3, 0.4) is 0 Å². The summed E-state index contributed by atoms with van der Waals surface area (Å²) in [6.45, 7) is -0.783. The lowest BCUT2D eigenvalue weighted by Gasteiger charge is -2.30. The van der Waals surface area contributed by atoms with Crippen LogP contribution in [0.25, 0.3) is 0 Å². The minimum absolute atomic E-state index is 0.0323. The molecule has 1 aromatic heterocycles. The zero-order valence-electron chi connectivity index (χ0n) is 12.9. The lowest BCUT2D eigenvalue weighted by atomic mass is 10.1. The third-order valence-electron chi connectivity index (χ3n) is 4.01. The first-order valence-electron chi connectivity index (χ1n) is 7.08. The van der Waals surface area contributed by atoms with Crippen molar-refractivity contribution in [2.75, 3.05) is 12.3 Å². The topological polar surface area (TPSA) is 218 Å². The molecule has 14 nitrogen and oxygen atoms in total. The Morgan fingerprint density at radius 3 is 2.65 bits per heavy atom. The van der Waals surface area contributed by atoms with Gasteiger partial charge < -0.3 is 35.6 Å². The monoisotopic (exact) mass is 392 g/mol. The number of phosphoric ester groups is 1. The maximum absolute atomic E-state index is 12.0. The molecule has 2 aliphatic heterocycles. The molecule has 26 heavy (non-hydrogen) atoms. The minimum atomic E-state index is -4.86. The average Bonchev–Trinajstić information content (AvgIpc) is 3.06. The first-order chi connectivity index (χ1) is 12.1. The normalized spacial score (nSPS) is 33.4. The smallest absolute Gasteiger partial charge is 0.435 e. The number of nitrogen functional groups attached to an aromatic ring is 1. The van der Waals surface area contributed by atoms with Crippen LogP contribution >= 0.6 is 7.82 Å². The molecule has 0 saturated carbocycles. The SMILES string of the molecule is Nc1ncnc2c1N=C[N+]2(C(=O)O)[C@@H]1O[C@H](COP(=O)(O)O)[C@@H](O)[C@H]1O. The van der Waals surface area contributed by atoms with Crippen LogP contribution in [0.5, 0.6) is 0 Å². The molecule has 3 rings (SSSR count). The van der Waals surface area contributed by atoms with Gasteiger partial charge in [0.2, 0.25) is 12.6 Å². The minimum Gasteiger partial charge on any atom is -0.435 e. The largest absolute Gasteiger partial charge is 0.528 e. The summed E-state index contributed by atoms with van der Waals surface area (Å²) in [5.41, 5.74) is 5.62. The fraction of sp³-hybridized carbons (Fsp3) is 0.455. The van der Waals surface area contributed by atoms with Gasteiger partial charge in [-0.3, -0.25) is 4.52 Å². The Balaban J connectivity index is 1.97. The Morgan fingerprint density at radius 1 is 1.35 bits per heavy atom. The zero-order valence-corrected chi connectivity index (χ0v) is 13.7. The number of nitrogens with zero attached hydrogens (tertiary/aromatic N) is 4. The van der Waals surface area contributed by atoms with Gasteiger partial charge in [0.1, 0.15) is 18.5 Å². The highest BCUT2D eigenvalue weighted by Crippen LogP contribution is 2.44. The van der Waals surface area contributed by atoms with E-state index in [1.165, 1.54) is 0 Å². The maximum atomic E-state index is 12.0. The predicted octanol–water partition coefficient (Wildman–Crippen LogP) is -1.73. The molecular formula is C11H15N5O9P+. The summed E-state index contributed by atoms with van der Waals surface area (Å²) in [6.07, 6.45) is -6.11. The molecule has 1 amide bonds. The number of aliphatic imine (C=N–C) groups is 1. The van der Waals surface area contributed by atoms with Crippen molar-refractivity contribution in [1.29, 1.82) is 0 Å². The quantitative estimate of drug-likeness (QED) is 0.249. The fourth-order valence-corrected chi connectivity index (χ4v) is 3.13. The van der Waals surface area contributed by atoms with E-state index in [0.717, 1.165) is 12.7 Å². The number of fused-ring (bicyclic) bond motifs is 1. The van der Waals surface area contributed by atoms with E-state index in [-0.39, 0.29) is 17.3 Å². The van der Waals surface area contributed by atoms with Crippen molar-refractivity contribution in [3.8, 4) is 0 Å². The van der Waals surface area contributed by atoms with Crippen LogP contribution in [-0.4, -0.2) is 78.7 Å². The summed E-state index contributed by atoms with van der Waals surface area (Å²) in [5.74, 6) is -0.292. The van der Waals surface area contributed by atoms with E-state index in [4.69, 9.17) is 20.3 Å². The molecule has 0 aliphatic carbocycles. The number of carboxylic acid groups (broad SMARTS) is 1. The number of hydrogen-bond acceptors (Lipinski definition) is 10. The number of rotatable bonds is 4. The van der Waals surface area contributed by atoms with Gasteiger partial charge in [0.05, 0.1) is 6.61 Å². The molecule has 1 unspecified atom stereocenters. The molecule has 1 aromatic rings. The van der Waals surface area contributed by atoms with Crippen molar-refractivity contribution in [2.45, 2.75) is 24.5 Å². The number of phosphoric acid groups is 1. The Kier molecular flexibility index (Phi) is 4.54. The lowest BCUT2D eigenvalue weighted by Crippen LogP contribution is -2.62. The molecular weight excluding hydrogens is 377 g/mol. The number of aliphatic hydroxyl groups is 2. The van der Waals surface area contributed by atoms with Gasteiger partial charge in [-0.05, 0) is 0 Å². The van der Waals surface area contributed by atoms with E-state index >= 15 is 0 Å². The maximum Gasteiger partial charge on any atom is 0.528 e. The molecule has 0 radical (unpaired) electrons. The summed E-state index contributed by atoms with van der Waals surface area (Å²) < 4.78 is 19.2. The number of carbonyl (C=O) groups is 1. The highest BCUT2D eigenvalue weighted by Gasteiger charge is 2.62. The van der Waals surface area contributed by atoms with E-state index in [0.29, 0.717) is 0 Å². The second-order valence-electron chi connectivity index (χ2n) is 5.57. The molecule has 7 N–H and O–H groups in total. The van der Waals surface area contributed by atoms with E-state index in [1.807, 2.05) is 0 Å². The predicted molar refractivity (Wildman–Crippen MR) is 83.1 cm³/mol. The van der Waals surface area contributed by atoms with Crippen LogP contribution in [0, 0.1) is 0 Å². The molecule has 2 aliphatic rings. The highest BCUT2D eigenvalue weighted by molar-refractivity contribution is 7.46. The summed E-state index contributed by atoms with van der Waals surface area (Å²) in [6, 6.07) is 0. The number of hydrogen-bond donors (Lipinski definition) is 6. The number of aliphatic hydroxyl groups excluding tert-OH is 2. The fourth-order valence-electron chi connectivity index (χ4n) is 2.79. The first kappa shape index (κ1) is 18.8. The van der Waals surface area contributed by atoms with Crippen LogP contribution < -0.4 is 10.2 Å². The number of anilines is 1. The van der Waals surface area contributed by atoms with Gasteiger partial charge in [-0.15, -0.1) is 4.48 Å². The van der Waals surface area contributed by atoms with Gasteiger partial charge in [0.15, 0.2) is 17.6 Å². The highest BCUT2D eigenvalue weighted by atomic mass is 31.2. The Morgan fingerprint density at radius 2 is 2.04 bits per heavy atom. The van der Waals surface area contributed by atoms with E-state index < -0.39 is 49.5 Å². The molecule has 142 valence electrons. The van der Waals surface area contributed by atoms with Crippen molar-refractivity contribution in [2.24, 2.45) is 4.99 Å². The average molecular weight is 392 g/mol. The molecule has 0 spiro atoms. The Labute approximate surface area is 145 Å². The summed E-state index contributed by atoms with van der Waals surface area (Å²) in [4.78, 5) is 40.9. The van der Waals surface area contributed by atoms with Crippen molar-refractivity contribution < 1.29 is 43.7 Å². The van der Waals surface area contributed by atoms with E-state index in [1.54, 1.807) is 0 Å². The molecule has 0 bridgehead atoms. The standard InChI is InChI=1S/C11H14N5O9P/c12-8-5-9(14-2-13-8)16(3-15-5,11(19)20)10-7(18)6(17)4(25-10)1-24-26(21,22)23/h2-4,6-7,10,17-18H,1H2,(H4-,12,13,14,19,20,21,22,23)/p+1/t4-,6-,7-,10-,16?/m1/s1. The van der Waals surface area contributed by atoms with Gasteiger partial charge in [-0.25, -0.2) is 9.55 Å². The Hall–Kier alpha value is -2.03. The van der Waals surface area contributed by atoms with Crippen molar-refractivity contribution in [3.63, 3.8) is 0 Å². The Bertz CT molecular complexity index is 815. The van der Waals surface area contributed by atoms with Crippen LogP contribution in [-0.2, 0) is 13.8 Å². The van der Waals surface area contributed by atoms with Crippen molar-refractivity contribution in [3.05, 3.63) is 6.33 Å². The summed E-state index contributed by atoms with van der Waals surface area (Å²) in [7, 11) is -4.86. The van der Waals surface area contributed by atoms with Gasteiger partial charge in [0, 0.05) is 0 Å². The third kappa shape index (κ3) is 2.87. The van der Waals surface area contributed by atoms with Crippen LogP contribution in [0.4, 0.5) is 22.1 Å². The number of quaternary nitrogens is 1. The number of nitrogens with two attached hydrogens (primary N) is 1. The van der Waals surface area contributed by atoms with Crippen LogP contribution in [0.15, 0.2) is 11.3 Å². The van der Waals surface area contributed by atoms with Crippen molar-refractivity contribution in [1.82, 2.24) is 14.5 Å². The third-order valence-corrected chi connectivity index (χ3v) is 4.50. The molecule has 1 saturated heterocycles. The first-order valence-corrected chi connectivity index (χ1v) is 8.61.